The number of benzene rings is 6. The molecule has 0 amide bonds. The maximum Gasteiger partial charge on any atom is 0.151 e. The van der Waals surface area contributed by atoms with Crippen LogP contribution in [0.15, 0.2) is 124 Å². The molecule has 5 nitrogen and oxygen atoms in total. The minimum Gasteiger partial charge on any atom is -0.454 e. The Hall–Kier alpha value is -5.94. The Kier molecular flexibility index (Phi) is 5.05. The Morgan fingerprint density at radius 1 is 0.489 bits per heavy atom. The van der Waals surface area contributed by atoms with Gasteiger partial charge in [0, 0.05) is 35.9 Å². The summed E-state index contributed by atoms with van der Waals surface area (Å²) in [4.78, 5) is 2.34. The van der Waals surface area contributed by atoms with Gasteiger partial charge in [-0.1, -0.05) is 72.8 Å². The third kappa shape index (κ3) is 3.55. The number of nitrogens with one attached hydrogen (secondary N) is 2. The highest BCUT2D eigenvalue weighted by Gasteiger charge is 2.24. The van der Waals surface area contributed by atoms with Gasteiger partial charge in [-0.3, -0.25) is 0 Å². The van der Waals surface area contributed by atoms with E-state index in [1.807, 2.05) is 6.07 Å². The van der Waals surface area contributed by atoms with Gasteiger partial charge in [-0.05, 0) is 80.9 Å². The Balaban J connectivity index is 1.28. The van der Waals surface area contributed by atoms with Crippen LogP contribution in [-0.4, -0.2) is 13.1 Å². The van der Waals surface area contributed by atoms with Gasteiger partial charge < -0.3 is 24.4 Å². The third-order valence-corrected chi connectivity index (χ3v) is 9.24. The van der Waals surface area contributed by atoms with E-state index in [9.17, 15) is 0 Å². The van der Waals surface area contributed by atoms with Gasteiger partial charge in [0.2, 0.25) is 0 Å². The monoisotopic (exact) mass is 581 g/mol. The van der Waals surface area contributed by atoms with Crippen LogP contribution in [0.2, 0.25) is 0 Å². The molecular weight excluding hydrogens is 554 g/mol. The molecule has 214 valence electrons. The summed E-state index contributed by atoms with van der Waals surface area (Å²) in [6.07, 6.45) is 8.30. The predicted octanol–water partition coefficient (Wildman–Crippen LogP) is 11.0. The summed E-state index contributed by atoms with van der Waals surface area (Å²) >= 11 is 0. The molecule has 8 aromatic rings. The molecule has 0 saturated carbocycles. The van der Waals surface area contributed by atoms with E-state index in [2.05, 4.69) is 137 Å². The van der Waals surface area contributed by atoms with Crippen LogP contribution in [0.5, 0.6) is 0 Å². The number of hydrogen-bond acceptors (Lipinski definition) is 5. The number of nitrogens with zero attached hydrogens (tertiary/aromatic N) is 1. The van der Waals surface area contributed by atoms with Gasteiger partial charge in [0.25, 0.3) is 0 Å². The number of anilines is 5. The summed E-state index contributed by atoms with van der Waals surface area (Å²) in [6, 6.07) is 37.1. The van der Waals surface area contributed by atoms with Crippen molar-refractivity contribution in [3.8, 4) is 0 Å². The molecule has 0 saturated heterocycles. The molecule has 4 heterocycles. The largest absolute Gasteiger partial charge is 0.454 e. The highest BCUT2D eigenvalue weighted by atomic mass is 16.3. The lowest BCUT2D eigenvalue weighted by atomic mass is 9.94. The average Bonchev–Trinajstić information content (AvgIpc) is 3.67. The number of furan rings is 2. The van der Waals surface area contributed by atoms with Crippen LogP contribution in [0.4, 0.5) is 28.4 Å². The van der Waals surface area contributed by atoms with Crippen molar-refractivity contribution >= 4 is 94.8 Å². The maximum absolute atomic E-state index is 6.38. The smallest absolute Gasteiger partial charge is 0.151 e. The van der Waals surface area contributed by atoms with Gasteiger partial charge in [0.05, 0.1) is 22.4 Å². The standard InChI is InChI=1S/C40H27N3O2/c1-2-10-28-26(8-1)27-9-3-4-11-29(27)32-22-24(16-18-30(28)32)43(25-17-19-31-37(23-25)45-35-14-6-20-41-39(31)35)33-12-5-13-34-38(33)40-36(44-34)15-7-21-42-40/h1-19,22-23,41-42H,20-21H2. The Bertz CT molecular complexity index is 2530. The quantitative estimate of drug-likeness (QED) is 0.203. The van der Waals surface area contributed by atoms with E-state index in [-0.39, 0.29) is 0 Å². The number of fused-ring (bicyclic) bond motifs is 12. The maximum atomic E-state index is 6.38. The summed E-state index contributed by atoms with van der Waals surface area (Å²) in [5.74, 6) is 1.72. The van der Waals surface area contributed by atoms with Crippen LogP contribution >= 0.6 is 0 Å². The number of rotatable bonds is 3. The van der Waals surface area contributed by atoms with Gasteiger partial charge >= 0.3 is 0 Å². The van der Waals surface area contributed by atoms with Crippen molar-refractivity contribution in [3.63, 3.8) is 0 Å². The molecule has 0 atom stereocenters. The highest BCUT2D eigenvalue weighted by molar-refractivity contribution is 6.26. The Morgan fingerprint density at radius 2 is 1.07 bits per heavy atom. The fourth-order valence-electron chi connectivity index (χ4n) is 7.29. The molecule has 2 aromatic heterocycles. The first kappa shape index (κ1) is 24.5. The van der Waals surface area contributed by atoms with E-state index in [1.54, 1.807) is 0 Å². The molecule has 6 aromatic carbocycles. The van der Waals surface area contributed by atoms with Crippen LogP contribution in [0.1, 0.15) is 11.5 Å². The molecule has 5 heteroatoms. The SMILES string of the molecule is C1=Cc2oc3cc(N(c4ccc5c6ccccc6c6ccccc6c5c4)c4cccc5oc6c(c45)NCC=C6)ccc3c2NC1. The molecule has 2 aliphatic heterocycles. The molecular formula is C40H27N3O2. The van der Waals surface area contributed by atoms with Crippen molar-refractivity contribution in [2.45, 2.75) is 0 Å². The second kappa shape index (κ2) is 9.28. The molecule has 10 rings (SSSR count). The fourth-order valence-corrected chi connectivity index (χ4v) is 7.29. The second-order valence-corrected chi connectivity index (χ2v) is 11.7. The van der Waals surface area contributed by atoms with E-state index in [0.29, 0.717) is 0 Å². The van der Waals surface area contributed by atoms with Gasteiger partial charge in [-0.15, -0.1) is 0 Å². The minimum atomic E-state index is 0.759. The topological polar surface area (TPSA) is 53.6 Å². The lowest BCUT2D eigenvalue weighted by Gasteiger charge is -2.27. The summed E-state index contributed by atoms with van der Waals surface area (Å²) in [6.45, 7) is 1.56. The van der Waals surface area contributed by atoms with Crippen molar-refractivity contribution in [1.29, 1.82) is 0 Å². The minimum absolute atomic E-state index is 0.759. The Labute approximate surface area is 258 Å². The van der Waals surface area contributed by atoms with Crippen LogP contribution in [0.3, 0.4) is 0 Å². The first-order chi connectivity index (χ1) is 22.3. The van der Waals surface area contributed by atoms with Crippen LogP contribution in [0.25, 0.3) is 66.4 Å². The fraction of sp³-hybridized carbons (Fsp3) is 0.0500. The van der Waals surface area contributed by atoms with E-state index in [4.69, 9.17) is 8.83 Å². The van der Waals surface area contributed by atoms with Crippen LogP contribution in [-0.2, 0) is 0 Å². The predicted molar refractivity (Wildman–Crippen MR) is 188 cm³/mol. The molecule has 2 N–H and O–H groups in total. The van der Waals surface area contributed by atoms with Gasteiger partial charge in [0.1, 0.15) is 11.2 Å². The van der Waals surface area contributed by atoms with E-state index < -0.39 is 0 Å². The molecule has 0 aliphatic carbocycles. The summed E-state index contributed by atoms with van der Waals surface area (Å²) in [5.41, 5.74) is 6.88. The van der Waals surface area contributed by atoms with Crippen LogP contribution in [0, 0.1) is 0 Å². The summed E-state index contributed by atoms with van der Waals surface area (Å²) in [5, 5.41) is 16.7. The van der Waals surface area contributed by atoms with Crippen LogP contribution < -0.4 is 15.5 Å². The van der Waals surface area contributed by atoms with Crippen molar-refractivity contribution < 1.29 is 8.83 Å². The molecule has 0 spiro atoms. The lowest BCUT2D eigenvalue weighted by molar-refractivity contribution is 0.604. The van der Waals surface area contributed by atoms with Crippen molar-refractivity contribution in [2.75, 3.05) is 28.6 Å². The Morgan fingerprint density at radius 3 is 1.80 bits per heavy atom. The average molecular weight is 582 g/mol. The zero-order valence-electron chi connectivity index (χ0n) is 24.3. The molecule has 0 bridgehead atoms. The first-order valence-corrected chi connectivity index (χ1v) is 15.4. The van der Waals surface area contributed by atoms with E-state index in [0.717, 1.165) is 75.0 Å². The normalized spacial score (nSPS) is 13.8. The molecule has 0 unspecified atom stereocenters. The zero-order valence-corrected chi connectivity index (χ0v) is 24.3. The van der Waals surface area contributed by atoms with E-state index in [1.165, 1.54) is 32.3 Å². The summed E-state index contributed by atoms with van der Waals surface area (Å²) in [7, 11) is 0. The van der Waals surface area contributed by atoms with Crippen molar-refractivity contribution in [3.05, 3.63) is 127 Å². The molecule has 45 heavy (non-hydrogen) atoms. The van der Waals surface area contributed by atoms with Gasteiger partial charge in [-0.2, -0.15) is 0 Å². The van der Waals surface area contributed by atoms with Crippen molar-refractivity contribution in [1.82, 2.24) is 0 Å². The van der Waals surface area contributed by atoms with Gasteiger partial charge in [-0.25, -0.2) is 0 Å². The van der Waals surface area contributed by atoms with E-state index >= 15 is 0 Å². The molecule has 0 fully saturated rings. The second-order valence-electron chi connectivity index (χ2n) is 11.7. The first-order valence-electron chi connectivity index (χ1n) is 15.4. The molecule has 2 aliphatic rings. The van der Waals surface area contributed by atoms with Crippen molar-refractivity contribution in [2.24, 2.45) is 0 Å². The molecule has 0 radical (unpaired) electrons. The lowest BCUT2D eigenvalue weighted by Crippen LogP contribution is -2.11. The third-order valence-electron chi connectivity index (χ3n) is 9.24. The summed E-state index contributed by atoms with van der Waals surface area (Å²) < 4.78 is 12.7. The zero-order chi connectivity index (χ0) is 29.5. The van der Waals surface area contributed by atoms with Gasteiger partial charge in [0.15, 0.2) is 11.5 Å². The number of hydrogen-bond donors (Lipinski definition) is 2. The highest BCUT2D eigenvalue weighted by Crippen LogP contribution is 2.47.